The van der Waals surface area contributed by atoms with Gasteiger partial charge >= 0.3 is 0 Å². The van der Waals surface area contributed by atoms with E-state index >= 15 is 0 Å². The molecule has 0 saturated carbocycles. The van der Waals surface area contributed by atoms with Gasteiger partial charge in [0, 0.05) is 30.0 Å². The Morgan fingerprint density at radius 3 is 2.58 bits per heavy atom. The second kappa shape index (κ2) is 7.92. The summed E-state index contributed by atoms with van der Waals surface area (Å²) in [6.07, 6.45) is 1.71. The van der Waals surface area contributed by atoms with Crippen LogP contribution in [0.15, 0.2) is 66.3 Å². The Kier molecular flexibility index (Phi) is 5.43. The van der Waals surface area contributed by atoms with Crippen LogP contribution in [0.2, 0.25) is 0 Å². The predicted octanol–water partition coefficient (Wildman–Crippen LogP) is 4.47. The first-order chi connectivity index (χ1) is 12.6. The number of halogens is 1. The first-order valence-electron chi connectivity index (χ1n) is 7.75. The van der Waals surface area contributed by atoms with Crippen LogP contribution in [0.3, 0.4) is 0 Å². The Morgan fingerprint density at radius 2 is 1.92 bits per heavy atom. The van der Waals surface area contributed by atoms with E-state index in [9.17, 15) is 14.5 Å². The molecular formula is C18H15FN4O2S. The molecule has 26 heavy (non-hydrogen) atoms. The Morgan fingerprint density at radius 1 is 1.19 bits per heavy atom. The van der Waals surface area contributed by atoms with Crippen LogP contribution in [0.1, 0.15) is 5.56 Å². The summed E-state index contributed by atoms with van der Waals surface area (Å²) in [7, 11) is 0. The van der Waals surface area contributed by atoms with Gasteiger partial charge in [0.1, 0.15) is 5.82 Å². The van der Waals surface area contributed by atoms with Crippen molar-refractivity contribution in [2.75, 3.05) is 0 Å². The van der Waals surface area contributed by atoms with Crippen LogP contribution in [0, 0.1) is 15.9 Å². The first-order valence-corrected chi connectivity index (χ1v) is 8.74. The van der Waals surface area contributed by atoms with Gasteiger partial charge in [-0.05, 0) is 23.8 Å². The second-order valence-electron chi connectivity index (χ2n) is 5.39. The first kappa shape index (κ1) is 17.8. The Labute approximate surface area is 153 Å². The molecule has 0 fully saturated rings. The highest BCUT2D eigenvalue weighted by Gasteiger charge is 2.15. The standard InChI is InChI=1S/C18H15FN4O2S/c1-2-11-22-17(13-7-9-15(10-8-13)23(24)25)20-21-18(22)26-12-14-5-3-4-6-16(14)19/h2-10H,1,11-12H2. The lowest BCUT2D eigenvalue weighted by atomic mass is 10.2. The lowest BCUT2D eigenvalue weighted by molar-refractivity contribution is -0.384. The fourth-order valence-corrected chi connectivity index (χ4v) is 3.33. The number of rotatable bonds is 7. The topological polar surface area (TPSA) is 73.8 Å². The van der Waals surface area contributed by atoms with Gasteiger partial charge < -0.3 is 0 Å². The number of nitrogens with zero attached hydrogens (tertiary/aromatic N) is 4. The maximum absolute atomic E-state index is 13.8. The van der Waals surface area contributed by atoms with Crippen molar-refractivity contribution >= 4 is 17.4 Å². The minimum absolute atomic E-state index is 0.0117. The molecule has 0 bridgehead atoms. The molecule has 0 aliphatic carbocycles. The average Bonchev–Trinajstić information content (AvgIpc) is 3.04. The van der Waals surface area contributed by atoms with Gasteiger partial charge in [-0.1, -0.05) is 36.0 Å². The van der Waals surface area contributed by atoms with Crippen molar-refractivity contribution in [1.29, 1.82) is 0 Å². The average molecular weight is 370 g/mol. The fourth-order valence-electron chi connectivity index (χ4n) is 2.39. The molecule has 0 radical (unpaired) electrons. The Bertz CT molecular complexity index is 941. The number of aromatic nitrogens is 3. The van der Waals surface area contributed by atoms with E-state index < -0.39 is 4.92 Å². The monoisotopic (exact) mass is 370 g/mol. The summed E-state index contributed by atoms with van der Waals surface area (Å²) < 4.78 is 15.6. The summed E-state index contributed by atoms with van der Waals surface area (Å²) in [5.74, 6) is 0.739. The Balaban J connectivity index is 1.87. The van der Waals surface area contributed by atoms with E-state index in [1.165, 1.54) is 30.0 Å². The number of allylic oxidation sites excluding steroid dienone is 1. The number of nitro benzene ring substituents is 1. The molecule has 1 aromatic heterocycles. The zero-order valence-electron chi connectivity index (χ0n) is 13.7. The largest absolute Gasteiger partial charge is 0.298 e. The molecule has 0 aliphatic rings. The van der Waals surface area contributed by atoms with Crippen LogP contribution in [0.4, 0.5) is 10.1 Å². The van der Waals surface area contributed by atoms with Gasteiger partial charge in [0.15, 0.2) is 11.0 Å². The highest BCUT2D eigenvalue weighted by Crippen LogP contribution is 2.28. The number of thioether (sulfide) groups is 1. The molecule has 2 aromatic carbocycles. The van der Waals surface area contributed by atoms with Gasteiger partial charge in [0.05, 0.1) is 4.92 Å². The molecule has 3 aromatic rings. The molecule has 0 spiro atoms. The molecule has 0 atom stereocenters. The third-order valence-corrected chi connectivity index (χ3v) is 4.70. The van der Waals surface area contributed by atoms with Crippen LogP contribution in [0.25, 0.3) is 11.4 Å². The number of nitro groups is 1. The van der Waals surface area contributed by atoms with E-state index in [-0.39, 0.29) is 11.5 Å². The molecule has 0 N–H and O–H groups in total. The minimum Gasteiger partial charge on any atom is -0.298 e. The van der Waals surface area contributed by atoms with Crippen molar-refractivity contribution in [1.82, 2.24) is 14.8 Å². The maximum Gasteiger partial charge on any atom is 0.269 e. The number of hydrogen-bond donors (Lipinski definition) is 0. The zero-order valence-corrected chi connectivity index (χ0v) is 14.5. The molecule has 0 unspecified atom stereocenters. The summed E-state index contributed by atoms with van der Waals surface area (Å²) in [5.41, 5.74) is 1.31. The maximum atomic E-state index is 13.8. The highest BCUT2D eigenvalue weighted by molar-refractivity contribution is 7.98. The highest BCUT2D eigenvalue weighted by atomic mass is 32.2. The lowest BCUT2D eigenvalue weighted by Crippen LogP contribution is -2.01. The van der Waals surface area contributed by atoms with E-state index in [4.69, 9.17) is 0 Å². The van der Waals surface area contributed by atoms with E-state index in [0.717, 1.165) is 0 Å². The van der Waals surface area contributed by atoms with Crippen molar-refractivity contribution < 1.29 is 9.31 Å². The van der Waals surface area contributed by atoms with Crippen LogP contribution in [-0.2, 0) is 12.3 Å². The van der Waals surface area contributed by atoms with Crippen LogP contribution in [-0.4, -0.2) is 19.7 Å². The van der Waals surface area contributed by atoms with Crippen molar-refractivity contribution in [2.24, 2.45) is 0 Å². The number of benzene rings is 2. The lowest BCUT2D eigenvalue weighted by Gasteiger charge is -2.08. The van der Waals surface area contributed by atoms with E-state index in [0.29, 0.717) is 34.4 Å². The summed E-state index contributed by atoms with van der Waals surface area (Å²) in [6.45, 7) is 4.22. The zero-order chi connectivity index (χ0) is 18.5. The Hall–Kier alpha value is -3.00. The van der Waals surface area contributed by atoms with Crippen LogP contribution < -0.4 is 0 Å². The number of non-ortho nitro benzene ring substituents is 1. The van der Waals surface area contributed by atoms with Gasteiger partial charge in [0.2, 0.25) is 0 Å². The van der Waals surface area contributed by atoms with Crippen molar-refractivity contribution in [3.63, 3.8) is 0 Å². The molecule has 8 heteroatoms. The third-order valence-electron chi connectivity index (χ3n) is 3.68. The molecule has 1 heterocycles. The van der Waals surface area contributed by atoms with E-state index in [1.807, 2.05) is 4.57 Å². The third kappa shape index (κ3) is 3.80. The molecular weight excluding hydrogens is 355 g/mol. The summed E-state index contributed by atoms with van der Waals surface area (Å²) >= 11 is 1.37. The molecule has 0 amide bonds. The van der Waals surface area contributed by atoms with E-state index in [1.54, 1.807) is 36.4 Å². The predicted molar refractivity (Wildman–Crippen MR) is 98.3 cm³/mol. The smallest absolute Gasteiger partial charge is 0.269 e. The molecule has 0 saturated heterocycles. The SMILES string of the molecule is C=CCn1c(SCc2ccccc2F)nnc1-c1ccc([N+](=O)[O-])cc1. The molecule has 132 valence electrons. The van der Waals surface area contributed by atoms with Crippen molar-refractivity contribution in [3.8, 4) is 11.4 Å². The van der Waals surface area contributed by atoms with Gasteiger partial charge in [-0.2, -0.15) is 0 Å². The molecule has 6 nitrogen and oxygen atoms in total. The summed E-state index contributed by atoms with van der Waals surface area (Å²) in [5, 5.41) is 19.8. The normalized spacial score (nSPS) is 10.7. The summed E-state index contributed by atoms with van der Waals surface area (Å²) in [6, 6.07) is 12.7. The number of hydrogen-bond acceptors (Lipinski definition) is 5. The molecule has 0 aliphatic heterocycles. The van der Waals surface area contributed by atoms with Gasteiger partial charge in [-0.3, -0.25) is 14.7 Å². The van der Waals surface area contributed by atoms with Gasteiger partial charge in [0.25, 0.3) is 5.69 Å². The van der Waals surface area contributed by atoms with Gasteiger partial charge in [-0.15, -0.1) is 16.8 Å². The van der Waals surface area contributed by atoms with Crippen LogP contribution in [0.5, 0.6) is 0 Å². The van der Waals surface area contributed by atoms with Crippen molar-refractivity contribution in [3.05, 3.63) is 82.7 Å². The van der Waals surface area contributed by atoms with E-state index in [2.05, 4.69) is 16.8 Å². The summed E-state index contributed by atoms with van der Waals surface area (Å²) in [4.78, 5) is 10.3. The van der Waals surface area contributed by atoms with Crippen molar-refractivity contribution in [2.45, 2.75) is 17.5 Å². The fraction of sp³-hybridized carbons (Fsp3) is 0.111. The quantitative estimate of drug-likeness (QED) is 0.265. The van der Waals surface area contributed by atoms with Gasteiger partial charge in [-0.25, -0.2) is 4.39 Å². The van der Waals surface area contributed by atoms with Crippen LogP contribution >= 0.6 is 11.8 Å². The molecule has 3 rings (SSSR count). The second-order valence-corrected chi connectivity index (χ2v) is 6.33. The minimum atomic E-state index is -0.450.